The first-order valence-electron chi connectivity index (χ1n) is 6.49. The summed E-state index contributed by atoms with van der Waals surface area (Å²) in [5, 5.41) is 12.2. The van der Waals surface area contributed by atoms with Crippen molar-refractivity contribution in [3.8, 4) is 0 Å². The van der Waals surface area contributed by atoms with E-state index in [2.05, 4.69) is 22.7 Å². The second kappa shape index (κ2) is 6.64. The molecule has 21 heavy (non-hydrogen) atoms. The second-order valence-electron chi connectivity index (χ2n) is 4.57. The van der Waals surface area contributed by atoms with E-state index in [0.29, 0.717) is 15.2 Å². The average molecular weight is 343 g/mol. The smallest absolute Gasteiger partial charge is 0.175 e. The minimum absolute atomic E-state index is 0.482. The standard InChI is InChI=1S/C14H16Cl2N4S/c1-4-20-9(3)13(8(2)19-20)18-14(21)17-10-5-6-11(15)12(16)7-10/h5-7H,4H2,1-3H3,(H2,17,18,21). The van der Waals surface area contributed by atoms with Crippen molar-refractivity contribution in [3.05, 3.63) is 39.6 Å². The number of hydrogen-bond donors (Lipinski definition) is 2. The fourth-order valence-electron chi connectivity index (χ4n) is 2.04. The molecule has 112 valence electrons. The lowest BCUT2D eigenvalue weighted by atomic mass is 10.3. The van der Waals surface area contributed by atoms with E-state index in [9.17, 15) is 0 Å². The van der Waals surface area contributed by atoms with E-state index in [0.717, 1.165) is 29.3 Å². The second-order valence-corrected chi connectivity index (χ2v) is 5.79. The van der Waals surface area contributed by atoms with Gasteiger partial charge < -0.3 is 10.6 Å². The molecule has 0 unspecified atom stereocenters. The number of aromatic nitrogens is 2. The van der Waals surface area contributed by atoms with Crippen LogP contribution in [0, 0.1) is 13.8 Å². The topological polar surface area (TPSA) is 41.9 Å². The number of anilines is 2. The van der Waals surface area contributed by atoms with E-state index in [1.54, 1.807) is 12.1 Å². The first kappa shape index (κ1) is 16.1. The highest BCUT2D eigenvalue weighted by Gasteiger charge is 2.12. The average Bonchev–Trinajstić information content (AvgIpc) is 2.70. The summed E-state index contributed by atoms with van der Waals surface area (Å²) in [6.45, 7) is 6.83. The first-order chi connectivity index (χ1) is 9.92. The van der Waals surface area contributed by atoms with Crippen LogP contribution in [0.1, 0.15) is 18.3 Å². The van der Waals surface area contributed by atoms with Crippen molar-refractivity contribution in [1.29, 1.82) is 0 Å². The zero-order valence-corrected chi connectivity index (χ0v) is 14.3. The Hall–Kier alpha value is -1.30. The molecule has 1 aromatic heterocycles. The molecule has 0 radical (unpaired) electrons. The molecule has 2 N–H and O–H groups in total. The Morgan fingerprint density at radius 3 is 2.52 bits per heavy atom. The lowest BCUT2D eigenvalue weighted by Crippen LogP contribution is -2.20. The summed E-state index contributed by atoms with van der Waals surface area (Å²) >= 11 is 17.2. The zero-order chi connectivity index (χ0) is 15.6. The monoisotopic (exact) mass is 342 g/mol. The summed E-state index contributed by atoms with van der Waals surface area (Å²) in [7, 11) is 0. The maximum Gasteiger partial charge on any atom is 0.175 e. The van der Waals surface area contributed by atoms with Gasteiger partial charge in [0.1, 0.15) is 0 Å². The molecule has 2 rings (SSSR count). The Balaban J connectivity index is 2.11. The van der Waals surface area contributed by atoms with Crippen molar-refractivity contribution < 1.29 is 0 Å². The van der Waals surface area contributed by atoms with Gasteiger partial charge in [0, 0.05) is 12.2 Å². The Morgan fingerprint density at radius 2 is 1.95 bits per heavy atom. The van der Waals surface area contributed by atoms with Crippen LogP contribution >= 0.6 is 35.4 Å². The van der Waals surface area contributed by atoms with Gasteiger partial charge in [0.15, 0.2) is 5.11 Å². The van der Waals surface area contributed by atoms with Crippen molar-refractivity contribution in [2.75, 3.05) is 10.6 Å². The molecule has 0 aliphatic rings. The van der Waals surface area contributed by atoms with E-state index in [1.807, 2.05) is 24.6 Å². The van der Waals surface area contributed by atoms with Crippen LogP contribution in [0.5, 0.6) is 0 Å². The molecule has 0 amide bonds. The van der Waals surface area contributed by atoms with Crippen molar-refractivity contribution in [3.63, 3.8) is 0 Å². The number of aryl methyl sites for hydroxylation is 2. The van der Waals surface area contributed by atoms with Crippen LogP contribution < -0.4 is 10.6 Å². The van der Waals surface area contributed by atoms with Crippen molar-refractivity contribution in [1.82, 2.24) is 9.78 Å². The molecule has 0 aliphatic heterocycles. The van der Waals surface area contributed by atoms with Crippen molar-refractivity contribution in [2.45, 2.75) is 27.3 Å². The van der Waals surface area contributed by atoms with Gasteiger partial charge in [0.05, 0.1) is 27.1 Å². The maximum atomic E-state index is 5.98. The fourth-order valence-corrected chi connectivity index (χ4v) is 2.55. The number of halogens is 2. The van der Waals surface area contributed by atoms with Crippen LogP contribution in [0.15, 0.2) is 18.2 Å². The van der Waals surface area contributed by atoms with Gasteiger partial charge in [0.25, 0.3) is 0 Å². The van der Waals surface area contributed by atoms with Crippen LogP contribution in [0.4, 0.5) is 11.4 Å². The molecule has 1 heterocycles. The number of benzene rings is 1. The molecule has 0 fully saturated rings. The van der Waals surface area contributed by atoms with Gasteiger partial charge in [0.2, 0.25) is 0 Å². The number of nitrogens with one attached hydrogen (secondary N) is 2. The number of nitrogens with zero attached hydrogens (tertiary/aromatic N) is 2. The van der Waals surface area contributed by atoms with E-state index in [-0.39, 0.29) is 0 Å². The van der Waals surface area contributed by atoms with Gasteiger partial charge in [-0.1, -0.05) is 23.2 Å². The third kappa shape index (κ3) is 3.67. The minimum Gasteiger partial charge on any atom is -0.332 e. The summed E-state index contributed by atoms with van der Waals surface area (Å²) in [6, 6.07) is 5.27. The number of rotatable bonds is 3. The van der Waals surface area contributed by atoms with Crippen LogP contribution in [0.2, 0.25) is 10.0 Å². The predicted octanol–water partition coefficient (Wildman–Crippen LogP) is 4.64. The Bertz CT molecular complexity index is 682. The number of thiocarbonyl (C=S) groups is 1. The quantitative estimate of drug-likeness (QED) is 0.797. The number of hydrogen-bond acceptors (Lipinski definition) is 2. The van der Waals surface area contributed by atoms with Gasteiger partial charge in [-0.25, -0.2) is 0 Å². The molecule has 0 spiro atoms. The summed E-state index contributed by atoms with van der Waals surface area (Å²) < 4.78 is 1.93. The Morgan fingerprint density at radius 1 is 1.24 bits per heavy atom. The van der Waals surface area contributed by atoms with Crippen LogP contribution in [0.25, 0.3) is 0 Å². The first-order valence-corrected chi connectivity index (χ1v) is 7.65. The maximum absolute atomic E-state index is 5.98. The van der Waals surface area contributed by atoms with Crippen LogP contribution in [0.3, 0.4) is 0 Å². The van der Waals surface area contributed by atoms with Crippen molar-refractivity contribution >= 4 is 51.9 Å². The van der Waals surface area contributed by atoms with E-state index in [4.69, 9.17) is 35.4 Å². The van der Waals surface area contributed by atoms with Crippen LogP contribution in [-0.2, 0) is 6.54 Å². The highest BCUT2D eigenvalue weighted by atomic mass is 35.5. The van der Waals surface area contributed by atoms with Gasteiger partial charge in [-0.15, -0.1) is 0 Å². The molecule has 0 saturated carbocycles. The molecule has 0 atom stereocenters. The molecular weight excluding hydrogens is 327 g/mol. The van der Waals surface area contributed by atoms with Gasteiger partial charge in [-0.05, 0) is 51.2 Å². The van der Waals surface area contributed by atoms with E-state index >= 15 is 0 Å². The minimum atomic E-state index is 0.482. The molecule has 0 bridgehead atoms. The summed E-state index contributed by atoms with van der Waals surface area (Å²) in [4.78, 5) is 0. The Labute approximate surface area is 139 Å². The van der Waals surface area contributed by atoms with Crippen molar-refractivity contribution in [2.24, 2.45) is 0 Å². The van der Waals surface area contributed by atoms with E-state index < -0.39 is 0 Å². The summed E-state index contributed by atoms with van der Waals surface area (Å²) in [5.74, 6) is 0. The zero-order valence-electron chi connectivity index (χ0n) is 12.0. The molecule has 4 nitrogen and oxygen atoms in total. The fraction of sp³-hybridized carbons (Fsp3) is 0.286. The molecule has 1 aromatic carbocycles. The third-order valence-corrected chi connectivity index (χ3v) is 4.04. The molecule has 2 aromatic rings. The highest BCUT2D eigenvalue weighted by molar-refractivity contribution is 7.80. The predicted molar refractivity (Wildman–Crippen MR) is 93.7 cm³/mol. The molecular formula is C14H16Cl2N4S. The highest BCUT2D eigenvalue weighted by Crippen LogP contribution is 2.25. The Kier molecular flexibility index (Phi) is 5.08. The van der Waals surface area contributed by atoms with Gasteiger partial charge in [-0.2, -0.15) is 5.10 Å². The van der Waals surface area contributed by atoms with Crippen LogP contribution in [-0.4, -0.2) is 14.9 Å². The third-order valence-electron chi connectivity index (χ3n) is 3.10. The molecule has 0 saturated heterocycles. The molecule has 7 heteroatoms. The summed E-state index contributed by atoms with van der Waals surface area (Å²) in [5.41, 5.74) is 3.66. The SMILES string of the molecule is CCn1nc(C)c(NC(=S)Nc2ccc(Cl)c(Cl)c2)c1C. The largest absolute Gasteiger partial charge is 0.332 e. The lowest BCUT2D eigenvalue weighted by molar-refractivity contribution is 0.634. The normalized spacial score (nSPS) is 10.5. The van der Waals surface area contributed by atoms with E-state index in [1.165, 1.54) is 0 Å². The van der Waals surface area contributed by atoms with Gasteiger partial charge >= 0.3 is 0 Å². The lowest BCUT2D eigenvalue weighted by Gasteiger charge is -2.11. The van der Waals surface area contributed by atoms with Gasteiger partial charge in [-0.3, -0.25) is 4.68 Å². The summed E-state index contributed by atoms with van der Waals surface area (Å²) in [6.07, 6.45) is 0. The molecule has 0 aliphatic carbocycles.